The van der Waals surface area contributed by atoms with Gasteiger partial charge in [0.1, 0.15) is 6.54 Å². The third kappa shape index (κ3) is 3.21. The van der Waals surface area contributed by atoms with Crippen molar-refractivity contribution in [1.82, 2.24) is 29.3 Å². The monoisotopic (exact) mass is 363 g/mol. The minimum atomic E-state index is -0.165. The zero-order valence-electron chi connectivity index (χ0n) is 15.5. The molecule has 0 saturated heterocycles. The summed E-state index contributed by atoms with van der Waals surface area (Å²) in [5.74, 6) is 0.413. The summed E-state index contributed by atoms with van der Waals surface area (Å²) in [5, 5.41) is 17.1. The molecule has 4 rings (SSSR count). The highest BCUT2D eigenvalue weighted by Crippen LogP contribution is 2.23. The molecule has 0 aliphatic rings. The van der Waals surface area contributed by atoms with Crippen molar-refractivity contribution in [2.45, 2.75) is 26.9 Å². The van der Waals surface area contributed by atoms with Gasteiger partial charge < -0.3 is 5.32 Å². The average Bonchev–Trinajstić information content (AvgIpc) is 3.33. The van der Waals surface area contributed by atoms with E-state index in [0.29, 0.717) is 5.82 Å². The van der Waals surface area contributed by atoms with E-state index in [1.165, 1.54) is 0 Å². The summed E-state index contributed by atoms with van der Waals surface area (Å²) < 4.78 is 5.26. The quantitative estimate of drug-likeness (QED) is 0.591. The Hall–Kier alpha value is -3.42. The van der Waals surface area contributed by atoms with Crippen molar-refractivity contribution in [2.75, 3.05) is 5.32 Å². The van der Waals surface area contributed by atoms with Crippen molar-refractivity contribution in [1.29, 1.82) is 0 Å². The van der Waals surface area contributed by atoms with Crippen LogP contribution in [0.15, 0.2) is 42.9 Å². The summed E-state index contributed by atoms with van der Waals surface area (Å²) >= 11 is 0. The molecule has 0 aliphatic carbocycles. The SMILES string of the molecule is CCn1nc(NC(=O)Cn2cc(C)c(-c3cnn(C)c3)n2)c2ccccc21. The number of carbonyl (C=O) groups excluding carboxylic acids is 1. The van der Waals surface area contributed by atoms with Crippen LogP contribution >= 0.6 is 0 Å². The number of benzene rings is 1. The van der Waals surface area contributed by atoms with Crippen molar-refractivity contribution in [3.8, 4) is 11.3 Å². The predicted octanol–water partition coefficient (Wildman–Crippen LogP) is 2.60. The second-order valence-electron chi connectivity index (χ2n) is 6.49. The second-order valence-corrected chi connectivity index (χ2v) is 6.49. The fourth-order valence-electron chi connectivity index (χ4n) is 3.21. The van der Waals surface area contributed by atoms with Crippen LogP contribution in [0.1, 0.15) is 12.5 Å². The van der Waals surface area contributed by atoms with Crippen LogP contribution < -0.4 is 5.32 Å². The largest absolute Gasteiger partial charge is 0.307 e. The molecular formula is C19H21N7O. The number of hydrogen-bond donors (Lipinski definition) is 1. The Morgan fingerprint density at radius 3 is 2.74 bits per heavy atom. The number of aryl methyl sites for hydroxylation is 3. The van der Waals surface area contributed by atoms with E-state index in [1.807, 2.05) is 62.2 Å². The fourth-order valence-corrected chi connectivity index (χ4v) is 3.21. The minimum absolute atomic E-state index is 0.119. The maximum absolute atomic E-state index is 12.5. The molecule has 27 heavy (non-hydrogen) atoms. The molecule has 0 unspecified atom stereocenters. The van der Waals surface area contributed by atoms with Gasteiger partial charge in [0.15, 0.2) is 5.82 Å². The highest BCUT2D eigenvalue weighted by atomic mass is 16.2. The third-order valence-electron chi connectivity index (χ3n) is 4.44. The lowest BCUT2D eigenvalue weighted by Gasteiger charge is -2.03. The minimum Gasteiger partial charge on any atom is -0.307 e. The summed E-state index contributed by atoms with van der Waals surface area (Å²) in [4.78, 5) is 12.5. The first-order chi connectivity index (χ1) is 13.0. The number of nitrogens with one attached hydrogen (secondary N) is 1. The number of amides is 1. The maximum Gasteiger partial charge on any atom is 0.247 e. The molecule has 0 saturated carbocycles. The Bertz CT molecular complexity index is 1120. The fraction of sp³-hybridized carbons (Fsp3) is 0.263. The van der Waals surface area contributed by atoms with Gasteiger partial charge in [-0.3, -0.25) is 18.8 Å². The number of anilines is 1. The number of nitrogens with zero attached hydrogens (tertiary/aromatic N) is 6. The lowest BCUT2D eigenvalue weighted by atomic mass is 10.2. The lowest BCUT2D eigenvalue weighted by molar-refractivity contribution is -0.116. The molecule has 1 amide bonds. The van der Waals surface area contributed by atoms with Gasteiger partial charge >= 0.3 is 0 Å². The Morgan fingerprint density at radius 1 is 1.19 bits per heavy atom. The molecule has 0 fully saturated rings. The molecule has 0 bridgehead atoms. The van der Waals surface area contributed by atoms with Crippen molar-refractivity contribution < 1.29 is 4.79 Å². The third-order valence-corrected chi connectivity index (χ3v) is 4.44. The number of aromatic nitrogens is 6. The van der Waals surface area contributed by atoms with Crippen LogP contribution in [0.25, 0.3) is 22.2 Å². The number of fused-ring (bicyclic) bond motifs is 1. The van der Waals surface area contributed by atoms with E-state index in [4.69, 9.17) is 0 Å². The first kappa shape index (κ1) is 17.0. The van der Waals surface area contributed by atoms with Crippen LogP contribution in [0.5, 0.6) is 0 Å². The van der Waals surface area contributed by atoms with Crippen molar-refractivity contribution in [2.24, 2.45) is 7.05 Å². The van der Waals surface area contributed by atoms with Gasteiger partial charge in [0.25, 0.3) is 0 Å². The van der Waals surface area contributed by atoms with Crippen LogP contribution in [0.4, 0.5) is 5.82 Å². The van der Waals surface area contributed by atoms with E-state index in [-0.39, 0.29) is 12.5 Å². The summed E-state index contributed by atoms with van der Waals surface area (Å²) in [6, 6.07) is 7.87. The summed E-state index contributed by atoms with van der Waals surface area (Å²) in [5.41, 5.74) is 3.76. The van der Waals surface area contributed by atoms with Crippen LogP contribution in [0.2, 0.25) is 0 Å². The molecular weight excluding hydrogens is 342 g/mol. The van der Waals surface area contributed by atoms with E-state index < -0.39 is 0 Å². The van der Waals surface area contributed by atoms with Gasteiger partial charge in [-0.2, -0.15) is 15.3 Å². The summed E-state index contributed by atoms with van der Waals surface area (Å²) in [6.07, 6.45) is 5.54. The number of carbonyl (C=O) groups is 1. The molecule has 4 aromatic rings. The normalized spacial score (nSPS) is 11.2. The first-order valence-electron chi connectivity index (χ1n) is 8.83. The zero-order valence-corrected chi connectivity index (χ0v) is 15.5. The van der Waals surface area contributed by atoms with E-state index in [1.54, 1.807) is 15.6 Å². The van der Waals surface area contributed by atoms with Crippen LogP contribution in [0.3, 0.4) is 0 Å². The molecule has 3 heterocycles. The standard InChI is InChI=1S/C19H21N7O/c1-4-26-16-8-6-5-7-15(16)19(23-26)21-17(27)12-25-10-13(2)18(22-25)14-9-20-24(3)11-14/h5-11H,4,12H2,1-3H3,(H,21,23,27). The topological polar surface area (TPSA) is 82.6 Å². The van der Waals surface area contributed by atoms with E-state index in [0.717, 1.165) is 34.3 Å². The molecule has 138 valence electrons. The predicted molar refractivity (Wildman–Crippen MR) is 103 cm³/mol. The van der Waals surface area contributed by atoms with Crippen LogP contribution in [0, 0.1) is 6.92 Å². The molecule has 0 radical (unpaired) electrons. The molecule has 0 aliphatic heterocycles. The Kier molecular flexibility index (Phi) is 4.23. The molecule has 1 N–H and O–H groups in total. The molecule has 8 heteroatoms. The molecule has 8 nitrogen and oxygen atoms in total. The smallest absolute Gasteiger partial charge is 0.247 e. The Labute approximate surface area is 156 Å². The van der Waals surface area contributed by atoms with Gasteiger partial charge in [0.05, 0.1) is 17.4 Å². The van der Waals surface area contributed by atoms with Crippen molar-refractivity contribution >= 4 is 22.6 Å². The van der Waals surface area contributed by atoms with Gasteiger partial charge in [-0.05, 0) is 31.5 Å². The zero-order chi connectivity index (χ0) is 19.0. The first-order valence-corrected chi connectivity index (χ1v) is 8.83. The summed E-state index contributed by atoms with van der Waals surface area (Å²) in [6.45, 7) is 4.86. The van der Waals surface area contributed by atoms with Crippen LogP contribution in [-0.2, 0) is 24.9 Å². The molecule has 3 aromatic heterocycles. The summed E-state index contributed by atoms with van der Waals surface area (Å²) in [7, 11) is 1.86. The van der Waals surface area contributed by atoms with Gasteiger partial charge in [-0.25, -0.2) is 0 Å². The second kappa shape index (κ2) is 6.71. The van der Waals surface area contributed by atoms with Gasteiger partial charge in [-0.1, -0.05) is 12.1 Å². The molecule has 0 atom stereocenters. The highest BCUT2D eigenvalue weighted by molar-refractivity contribution is 5.99. The van der Waals surface area contributed by atoms with Crippen LogP contribution in [-0.4, -0.2) is 35.2 Å². The highest BCUT2D eigenvalue weighted by Gasteiger charge is 2.14. The maximum atomic E-state index is 12.5. The van der Waals surface area contributed by atoms with Crippen molar-refractivity contribution in [3.63, 3.8) is 0 Å². The number of rotatable bonds is 5. The van der Waals surface area contributed by atoms with E-state index in [2.05, 4.69) is 20.6 Å². The van der Waals surface area contributed by atoms with Gasteiger partial charge in [-0.15, -0.1) is 0 Å². The lowest BCUT2D eigenvalue weighted by Crippen LogP contribution is -2.19. The van der Waals surface area contributed by atoms with Gasteiger partial charge in [0, 0.05) is 36.9 Å². The van der Waals surface area contributed by atoms with E-state index in [9.17, 15) is 4.79 Å². The van der Waals surface area contributed by atoms with E-state index >= 15 is 0 Å². The Balaban J connectivity index is 1.54. The number of para-hydroxylation sites is 1. The molecule has 1 aromatic carbocycles. The Morgan fingerprint density at radius 2 is 2.00 bits per heavy atom. The van der Waals surface area contributed by atoms with Crippen molar-refractivity contribution in [3.05, 3.63) is 48.4 Å². The average molecular weight is 363 g/mol. The number of hydrogen-bond acceptors (Lipinski definition) is 4. The molecule has 0 spiro atoms. The van der Waals surface area contributed by atoms with Gasteiger partial charge in [0.2, 0.25) is 5.91 Å².